The topological polar surface area (TPSA) is 88.5 Å². The van der Waals surface area contributed by atoms with Crippen molar-refractivity contribution in [3.8, 4) is 17.2 Å². The predicted octanol–water partition coefficient (Wildman–Crippen LogP) is 2.70. The molecular weight excluding hydrogens is 412 g/mol. The van der Waals surface area contributed by atoms with Gasteiger partial charge < -0.3 is 29.1 Å². The van der Waals surface area contributed by atoms with Crippen LogP contribution in [0.2, 0.25) is 0 Å². The van der Waals surface area contributed by atoms with Gasteiger partial charge >= 0.3 is 0 Å². The highest BCUT2D eigenvalue weighted by Gasteiger charge is 2.45. The molecule has 1 N–H and O–H groups in total. The molecule has 0 aliphatic carbocycles. The lowest BCUT2D eigenvalue weighted by atomic mass is 9.95. The lowest BCUT2D eigenvalue weighted by molar-refractivity contribution is -0.140. The SMILES string of the molecule is COc1ccc([C@@H]2/C(=C(\O)c3ccc(OC)c(OC)c3)C(=O)C(=O)N2CCN(C)C)cc1. The number of ketones is 1. The Bertz CT molecular complexity index is 1030. The summed E-state index contributed by atoms with van der Waals surface area (Å²) in [6.07, 6.45) is 0. The van der Waals surface area contributed by atoms with E-state index in [0.717, 1.165) is 0 Å². The van der Waals surface area contributed by atoms with Gasteiger partial charge in [-0.15, -0.1) is 0 Å². The van der Waals surface area contributed by atoms with Gasteiger partial charge in [0.15, 0.2) is 11.5 Å². The summed E-state index contributed by atoms with van der Waals surface area (Å²) in [7, 11) is 8.34. The number of nitrogens with zero attached hydrogens (tertiary/aromatic N) is 2. The number of rotatable bonds is 8. The van der Waals surface area contributed by atoms with Gasteiger partial charge in [0.2, 0.25) is 0 Å². The summed E-state index contributed by atoms with van der Waals surface area (Å²) in [5.41, 5.74) is 1.09. The monoisotopic (exact) mass is 440 g/mol. The summed E-state index contributed by atoms with van der Waals surface area (Å²) < 4.78 is 15.8. The number of carbonyl (C=O) groups is 2. The molecule has 0 spiro atoms. The van der Waals surface area contributed by atoms with Crippen LogP contribution in [0.15, 0.2) is 48.0 Å². The Hall–Kier alpha value is -3.52. The fraction of sp³-hybridized carbons (Fsp3) is 0.333. The Balaban J connectivity index is 2.15. The van der Waals surface area contributed by atoms with E-state index < -0.39 is 17.7 Å². The van der Waals surface area contributed by atoms with E-state index in [1.165, 1.54) is 19.1 Å². The van der Waals surface area contributed by atoms with E-state index in [4.69, 9.17) is 14.2 Å². The molecule has 0 saturated carbocycles. The maximum atomic E-state index is 13.1. The molecule has 2 aromatic carbocycles. The van der Waals surface area contributed by atoms with Crippen LogP contribution in [0.25, 0.3) is 5.76 Å². The number of amides is 1. The molecule has 8 nitrogen and oxygen atoms in total. The maximum absolute atomic E-state index is 13.1. The third kappa shape index (κ3) is 4.40. The number of hydrogen-bond acceptors (Lipinski definition) is 7. The van der Waals surface area contributed by atoms with Crippen LogP contribution in [0.4, 0.5) is 0 Å². The molecule has 1 aliphatic heterocycles. The molecule has 1 aliphatic rings. The molecule has 0 aromatic heterocycles. The van der Waals surface area contributed by atoms with Crippen molar-refractivity contribution < 1.29 is 28.9 Å². The first kappa shape index (κ1) is 23.1. The zero-order valence-corrected chi connectivity index (χ0v) is 18.9. The van der Waals surface area contributed by atoms with E-state index >= 15 is 0 Å². The molecule has 1 atom stereocenters. The largest absolute Gasteiger partial charge is 0.507 e. The van der Waals surface area contributed by atoms with Gasteiger partial charge in [-0.1, -0.05) is 12.1 Å². The Kier molecular flexibility index (Phi) is 7.05. The number of aliphatic hydroxyl groups excluding tert-OH is 1. The summed E-state index contributed by atoms with van der Waals surface area (Å²) in [5.74, 6) is -0.0931. The zero-order valence-electron chi connectivity index (χ0n) is 18.9. The smallest absolute Gasteiger partial charge is 0.295 e. The summed E-state index contributed by atoms with van der Waals surface area (Å²) in [6, 6.07) is 11.2. The van der Waals surface area contributed by atoms with Gasteiger partial charge in [-0.25, -0.2) is 0 Å². The molecule has 0 unspecified atom stereocenters. The molecule has 1 saturated heterocycles. The number of Topliss-reactive ketones (excluding diaryl/α,β-unsaturated/α-hetero) is 1. The van der Waals surface area contributed by atoms with Crippen LogP contribution in [0, 0.1) is 0 Å². The maximum Gasteiger partial charge on any atom is 0.295 e. The van der Waals surface area contributed by atoms with Crippen molar-refractivity contribution in [2.45, 2.75) is 6.04 Å². The molecule has 3 rings (SSSR count). The minimum Gasteiger partial charge on any atom is -0.507 e. The summed E-state index contributed by atoms with van der Waals surface area (Å²) >= 11 is 0. The van der Waals surface area contributed by atoms with Crippen molar-refractivity contribution in [3.05, 3.63) is 59.2 Å². The molecule has 32 heavy (non-hydrogen) atoms. The number of hydrogen-bond donors (Lipinski definition) is 1. The first-order valence-corrected chi connectivity index (χ1v) is 10.1. The third-order valence-corrected chi connectivity index (χ3v) is 5.42. The van der Waals surface area contributed by atoms with Crippen LogP contribution >= 0.6 is 0 Å². The summed E-state index contributed by atoms with van der Waals surface area (Å²) in [6.45, 7) is 0.896. The van der Waals surface area contributed by atoms with Crippen molar-refractivity contribution in [3.63, 3.8) is 0 Å². The van der Waals surface area contributed by atoms with Gasteiger partial charge in [-0.2, -0.15) is 0 Å². The highest BCUT2D eigenvalue weighted by atomic mass is 16.5. The second-order valence-corrected chi connectivity index (χ2v) is 7.64. The average Bonchev–Trinajstić information content (AvgIpc) is 3.06. The summed E-state index contributed by atoms with van der Waals surface area (Å²) in [5, 5.41) is 11.2. The molecule has 1 amide bonds. The lowest BCUT2D eigenvalue weighted by Gasteiger charge is -2.26. The second-order valence-electron chi connectivity index (χ2n) is 7.64. The number of likely N-dealkylation sites (tertiary alicyclic amines) is 1. The average molecular weight is 440 g/mol. The van der Waals surface area contributed by atoms with Crippen LogP contribution in [0.5, 0.6) is 17.2 Å². The molecule has 2 aromatic rings. The van der Waals surface area contributed by atoms with Gasteiger partial charge in [0.25, 0.3) is 11.7 Å². The van der Waals surface area contributed by atoms with Crippen LogP contribution in [-0.4, -0.2) is 75.1 Å². The van der Waals surface area contributed by atoms with Crippen molar-refractivity contribution in [1.29, 1.82) is 0 Å². The minimum absolute atomic E-state index is 0.0335. The van der Waals surface area contributed by atoms with E-state index in [9.17, 15) is 14.7 Å². The van der Waals surface area contributed by atoms with E-state index in [-0.39, 0.29) is 11.3 Å². The zero-order chi connectivity index (χ0) is 23.4. The van der Waals surface area contributed by atoms with Gasteiger partial charge in [-0.3, -0.25) is 9.59 Å². The lowest BCUT2D eigenvalue weighted by Crippen LogP contribution is -2.35. The number of aliphatic hydroxyl groups is 1. The second kappa shape index (κ2) is 9.74. The van der Waals surface area contributed by atoms with E-state index in [1.807, 2.05) is 19.0 Å². The normalized spacial score (nSPS) is 17.7. The fourth-order valence-corrected chi connectivity index (χ4v) is 3.69. The molecule has 170 valence electrons. The molecule has 1 fully saturated rings. The van der Waals surface area contributed by atoms with Gasteiger partial charge in [0, 0.05) is 18.7 Å². The minimum atomic E-state index is -0.728. The molecule has 0 radical (unpaired) electrons. The van der Waals surface area contributed by atoms with Crippen LogP contribution < -0.4 is 14.2 Å². The molecule has 0 bridgehead atoms. The fourth-order valence-electron chi connectivity index (χ4n) is 3.69. The first-order valence-electron chi connectivity index (χ1n) is 10.1. The molecule has 8 heteroatoms. The number of methoxy groups -OCH3 is 3. The highest BCUT2D eigenvalue weighted by Crippen LogP contribution is 2.40. The number of benzene rings is 2. The first-order chi connectivity index (χ1) is 15.3. The Labute approximate surface area is 187 Å². The number of ether oxygens (including phenoxy) is 3. The summed E-state index contributed by atoms with van der Waals surface area (Å²) in [4.78, 5) is 29.4. The number of likely N-dealkylation sites (N-methyl/N-ethyl adjacent to an activating group) is 1. The Morgan fingerprint density at radius 2 is 1.62 bits per heavy atom. The predicted molar refractivity (Wildman–Crippen MR) is 120 cm³/mol. The standard InChI is InChI=1S/C24H28N2O6/c1-25(2)12-13-26-21(15-6-9-17(30-3)10-7-15)20(23(28)24(26)29)22(27)16-8-11-18(31-4)19(14-16)32-5/h6-11,14,21,27H,12-13H2,1-5H3/b22-20+/t21-/m1/s1. The number of carbonyl (C=O) groups excluding carboxylic acids is 2. The van der Waals surface area contributed by atoms with E-state index in [2.05, 4.69) is 0 Å². The quantitative estimate of drug-likeness (QED) is 0.384. The van der Waals surface area contributed by atoms with Crippen molar-refractivity contribution >= 4 is 17.4 Å². The Morgan fingerprint density at radius 3 is 2.19 bits per heavy atom. The highest BCUT2D eigenvalue weighted by molar-refractivity contribution is 6.46. The Morgan fingerprint density at radius 1 is 0.969 bits per heavy atom. The molecular formula is C24H28N2O6. The van der Waals surface area contributed by atoms with Crippen LogP contribution in [0.1, 0.15) is 17.2 Å². The van der Waals surface area contributed by atoms with Gasteiger partial charge in [0.05, 0.1) is 32.9 Å². The third-order valence-electron chi connectivity index (χ3n) is 5.42. The van der Waals surface area contributed by atoms with Crippen LogP contribution in [-0.2, 0) is 9.59 Å². The van der Waals surface area contributed by atoms with Crippen molar-refractivity contribution in [2.24, 2.45) is 0 Å². The van der Waals surface area contributed by atoms with Crippen molar-refractivity contribution in [1.82, 2.24) is 9.80 Å². The van der Waals surface area contributed by atoms with Gasteiger partial charge in [-0.05, 0) is 50.0 Å². The van der Waals surface area contributed by atoms with E-state index in [1.54, 1.807) is 49.6 Å². The molecule has 1 heterocycles. The van der Waals surface area contributed by atoms with Crippen molar-refractivity contribution in [2.75, 3.05) is 48.5 Å². The van der Waals surface area contributed by atoms with Crippen LogP contribution in [0.3, 0.4) is 0 Å². The van der Waals surface area contributed by atoms with Gasteiger partial charge in [0.1, 0.15) is 11.5 Å². The van der Waals surface area contributed by atoms with E-state index in [0.29, 0.717) is 41.5 Å².